The predicted molar refractivity (Wildman–Crippen MR) is 91.9 cm³/mol. The zero-order chi connectivity index (χ0) is 16.4. The molecule has 3 heterocycles. The SMILES string of the molecule is O=C(C1NNC2CCCCC21)N1CCN(Cc2ccncc2)CC1. The molecule has 0 spiro atoms. The number of carbonyl (C=O) groups excluding carboxylic acids is 1. The second-order valence-corrected chi connectivity index (χ2v) is 7.28. The Hall–Kier alpha value is -1.50. The summed E-state index contributed by atoms with van der Waals surface area (Å²) in [5, 5.41) is 0. The molecule has 2 aliphatic heterocycles. The summed E-state index contributed by atoms with van der Waals surface area (Å²) < 4.78 is 0. The lowest BCUT2D eigenvalue weighted by Crippen LogP contribution is -2.54. The minimum absolute atomic E-state index is 0.0259. The minimum atomic E-state index is -0.0259. The molecule has 0 aromatic carbocycles. The third-order valence-corrected chi connectivity index (χ3v) is 5.78. The molecule has 1 aromatic heterocycles. The van der Waals surface area contributed by atoms with Crippen LogP contribution < -0.4 is 10.9 Å². The van der Waals surface area contributed by atoms with E-state index in [4.69, 9.17) is 0 Å². The highest BCUT2D eigenvalue weighted by Crippen LogP contribution is 2.31. The third-order valence-electron chi connectivity index (χ3n) is 5.78. The number of pyridine rings is 1. The summed E-state index contributed by atoms with van der Waals surface area (Å²) in [5.74, 6) is 0.765. The van der Waals surface area contributed by atoms with Crippen molar-refractivity contribution < 1.29 is 4.79 Å². The molecule has 3 atom stereocenters. The lowest BCUT2D eigenvalue weighted by molar-refractivity contribution is -0.136. The van der Waals surface area contributed by atoms with Crippen LogP contribution in [0.2, 0.25) is 0 Å². The Balaban J connectivity index is 1.30. The third kappa shape index (κ3) is 3.31. The van der Waals surface area contributed by atoms with Gasteiger partial charge in [0.2, 0.25) is 5.91 Å². The molecular weight excluding hydrogens is 302 g/mol. The number of carbonyl (C=O) groups is 1. The molecule has 1 amide bonds. The fourth-order valence-electron chi connectivity index (χ4n) is 4.36. The van der Waals surface area contributed by atoms with E-state index >= 15 is 0 Å². The lowest BCUT2D eigenvalue weighted by Gasteiger charge is -2.37. The topological polar surface area (TPSA) is 60.5 Å². The largest absolute Gasteiger partial charge is 0.339 e. The molecule has 24 heavy (non-hydrogen) atoms. The predicted octanol–water partition coefficient (Wildman–Crippen LogP) is 0.761. The van der Waals surface area contributed by atoms with E-state index in [2.05, 4.69) is 37.8 Å². The molecule has 0 radical (unpaired) electrons. The highest BCUT2D eigenvalue weighted by Gasteiger charge is 2.42. The van der Waals surface area contributed by atoms with Crippen LogP contribution >= 0.6 is 0 Å². The number of piperazine rings is 1. The fraction of sp³-hybridized carbons (Fsp3) is 0.667. The maximum absolute atomic E-state index is 12.9. The number of nitrogens with one attached hydrogen (secondary N) is 2. The molecule has 6 nitrogen and oxygen atoms in total. The summed E-state index contributed by atoms with van der Waals surface area (Å²) in [4.78, 5) is 21.5. The van der Waals surface area contributed by atoms with Gasteiger partial charge in [-0.1, -0.05) is 12.8 Å². The molecular formula is C18H27N5O. The molecule has 2 saturated heterocycles. The Morgan fingerprint density at radius 3 is 2.62 bits per heavy atom. The first kappa shape index (κ1) is 16.0. The van der Waals surface area contributed by atoms with E-state index in [0.717, 1.165) is 32.7 Å². The lowest BCUT2D eigenvalue weighted by atomic mass is 9.81. The van der Waals surface area contributed by atoms with Gasteiger partial charge in [0.25, 0.3) is 0 Å². The average Bonchev–Trinajstić information content (AvgIpc) is 3.07. The molecule has 2 N–H and O–H groups in total. The number of hydrogen-bond acceptors (Lipinski definition) is 5. The Labute approximate surface area is 143 Å². The van der Waals surface area contributed by atoms with Gasteiger partial charge in [0.05, 0.1) is 0 Å². The average molecular weight is 329 g/mol. The van der Waals surface area contributed by atoms with E-state index < -0.39 is 0 Å². The smallest absolute Gasteiger partial charge is 0.241 e. The van der Waals surface area contributed by atoms with Gasteiger partial charge in [0.1, 0.15) is 6.04 Å². The molecule has 1 saturated carbocycles. The van der Waals surface area contributed by atoms with Gasteiger partial charge < -0.3 is 4.90 Å². The van der Waals surface area contributed by atoms with Gasteiger partial charge in [0.15, 0.2) is 0 Å². The maximum Gasteiger partial charge on any atom is 0.241 e. The number of amides is 1. The van der Waals surface area contributed by atoms with E-state index in [0.29, 0.717) is 17.9 Å². The quantitative estimate of drug-likeness (QED) is 0.857. The van der Waals surface area contributed by atoms with Crippen molar-refractivity contribution in [2.24, 2.45) is 5.92 Å². The molecule has 130 valence electrons. The van der Waals surface area contributed by atoms with Gasteiger partial charge in [-0.05, 0) is 30.5 Å². The molecule has 3 fully saturated rings. The van der Waals surface area contributed by atoms with Crippen LogP contribution in [0.3, 0.4) is 0 Å². The summed E-state index contributed by atoms with van der Waals surface area (Å²) in [6, 6.07) is 4.59. The number of fused-ring (bicyclic) bond motifs is 1. The van der Waals surface area contributed by atoms with E-state index in [1.54, 1.807) is 0 Å². The summed E-state index contributed by atoms with van der Waals surface area (Å²) in [6.45, 7) is 4.50. The van der Waals surface area contributed by atoms with Crippen LogP contribution in [-0.4, -0.2) is 59.0 Å². The number of aromatic nitrogens is 1. The first-order valence-corrected chi connectivity index (χ1v) is 9.22. The Kier molecular flexibility index (Phi) is 4.78. The Morgan fingerprint density at radius 1 is 1.08 bits per heavy atom. The summed E-state index contributed by atoms with van der Waals surface area (Å²) in [7, 11) is 0. The van der Waals surface area contributed by atoms with Crippen LogP contribution in [0.25, 0.3) is 0 Å². The minimum Gasteiger partial charge on any atom is -0.339 e. The van der Waals surface area contributed by atoms with Gasteiger partial charge in [0, 0.05) is 57.1 Å². The number of hydrazine groups is 1. The highest BCUT2D eigenvalue weighted by atomic mass is 16.2. The van der Waals surface area contributed by atoms with E-state index in [9.17, 15) is 4.79 Å². The van der Waals surface area contributed by atoms with Crippen LogP contribution in [-0.2, 0) is 11.3 Å². The molecule has 4 rings (SSSR count). The molecule has 1 aliphatic carbocycles. The number of hydrogen-bond donors (Lipinski definition) is 2. The van der Waals surface area contributed by atoms with Crippen molar-refractivity contribution in [2.45, 2.75) is 44.3 Å². The van der Waals surface area contributed by atoms with Crippen molar-refractivity contribution in [2.75, 3.05) is 26.2 Å². The van der Waals surface area contributed by atoms with Crippen molar-refractivity contribution in [3.8, 4) is 0 Å². The van der Waals surface area contributed by atoms with Crippen molar-refractivity contribution in [1.82, 2.24) is 25.6 Å². The van der Waals surface area contributed by atoms with Gasteiger partial charge in [-0.3, -0.25) is 20.1 Å². The van der Waals surface area contributed by atoms with Crippen molar-refractivity contribution >= 4 is 5.91 Å². The molecule has 6 heteroatoms. The summed E-state index contributed by atoms with van der Waals surface area (Å²) in [6.07, 6.45) is 8.59. The molecule has 3 aliphatic rings. The second kappa shape index (κ2) is 7.17. The van der Waals surface area contributed by atoms with Crippen molar-refractivity contribution in [1.29, 1.82) is 0 Å². The van der Waals surface area contributed by atoms with Crippen molar-refractivity contribution in [3.63, 3.8) is 0 Å². The summed E-state index contributed by atoms with van der Waals surface area (Å²) >= 11 is 0. The van der Waals surface area contributed by atoms with Crippen LogP contribution in [0.5, 0.6) is 0 Å². The van der Waals surface area contributed by atoms with Gasteiger partial charge in [-0.2, -0.15) is 0 Å². The molecule has 0 bridgehead atoms. The standard InChI is InChI=1S/C18H27N5O/c24-18(17-15-3-1-2-4-16(15)20-21-17)23-11-9-22(10-12-23)13-14-5-7-19-8-6-14/h5-8,15-17,20-21H,1-4,9-13H2. The van der Waals surface area contributed by atoms with E-state index in [1.165, 1.54) is 31.2 Å². The summed E-state index contributed by atoms with van der Waals surface area (Å²) in [5.41, 5.74) is 7.93. The second-order valence-electron chi connectivity index (χ2n) is 7.28. The van der Waals surface area contributed by atoms with Crippen molar-refractivity contribution in [3.05, 3.63) is 30.1 Å². The number of rotatable bonds is 3. The van der Waals surface area contributed by atoms with Crippen LogP contribution in [0.15, 0.2) is 24.5 Å². The van der Waals surface area contributed by atoms with Crippen LogP contribution in [0.1, 0.15) is 31.2 Å². The molecule has 3 unspecified atom stereocenters. The Morgan fingerprint density at radius 2 is 1.83 bits per heavy atom. The highest BCUT2D eigenvalue weighted by molar-refractivity contribution is 5.82. The Bertz CT molecular complexity index is 558. The zero-order valence-corrected chi connectivity index (χ0v) is 14.2. The van der Waals surface area contributed by atoms with E-state index in [-0.39, 0.29) is 6.04 Å². The first-order valence-electron chi connectivity index (χ1n) is 9.22. The first-order chi connectivity index (χ1) is 11.8. The maximum atomic E-state index is 12.9. The van der Waals surface area contributed by atoms with Crippen LogP contribution in [0, 0.1) is 5.92 Å². The monoisotopic (exact) mass is 329 g/mol. The van der Waals surface area contributed by atoms with Gasteiger partial charge in [-0.15, -0.1) is 0 Å². The van der Waals surface area contributed by atoms with Crippen LogP contribution in [0.4, 0.5) is 0 Å². The molecule has 1 aromatic rings. The number of nitrogens with zero attached hydrogens (tertiary/aromatic N) is 3. The fourth-order valence-corrected chi connectivity index (χ4v) is 4.36. The zero-order valence-electron chi connectivity index (χ0n) is 14.2. The van der Waals surface area contributed by atoms with Gasteiger partial charge in [-0.25, -0.2) is 5.43 Å². The normalized spacial score (nSPS) is 31.0. The van der Waals surface area contributed by atoms with E-state index in [1.807, 2.05) is 12.4 Å². The van der Waals surface area contributed by atoms with Gasteiger partial charge >= 0.3 is 0 Å².